The van der Waals surface area contributed by atoms with Gasteiger partial charge in [-0.15, -0.1) is 0 Å². The molecule has 0 spiro atoms. The third-order valence-corrected chi connectivity index (χ3v) is 3.95. The van der Waals surface area contributed by atoms with E-state index in [0.717, 1.165) is 11.4 Å². The number of carbonyl (C=O) groups excluding carboxylic acids is 1. The maximum atomic E-state index is 12.7. The zero-order valence-corrected chi connectivity index (χ0v) is 15.5. The summed E-state index contributed by atoms with van der Waals surface area (Å²) < 4.78 is 15.8. The lowest BCUT2D eigenvalue weighted by Gasteiger charge is -2.14. The van der Waals surface area contributed by atoms with Crippen LogP contribution in [0.25, 0.3) is 11.4 Å². The number of rotatable bonds is 6. The second-order valence-corrected chi connectivity index (χ2v) is 5.68. The highest BCUT2D eigenvalue weighted by molar-refractivity contribution is 6.06. The maximum Gasteiger partial charge on any atom is 0.259 e. The van der Waals surface area contributed by atoms with E-state index in [0.29, 0.717) is 34.3 Å². The molecular formula is C19H20N4O4. The van der Waals surface area contributed by atoms with Gasteiger partial charge in [0, 0.05) is 23.4 Å². The molecule has 0 saturated heterocycles. The van der Waals surface area contributed by atoms with Crippen LogP contribution < -0.4 is 19.5 Å². The first-order chi connectivity index (χ1) is 13.0. The van der Waals surface area contributed by atoms with E-state index < -0.39 is 0 Å². The van der Waals surface area contributed by atoms with Gasteiger partial charge in [0.1, 0.15) is 11.6 Å². The van der Waals surface area contributed by atoms with E-state index in [4.69, 9.17) is 14.2 Å². The van der Waals surface area contributed by atoms with Crippen LogP contribution in [0.5, 0.6) is 17.2 Å². The highest BCUT2D eigenvalue weighted by atomic mass is 16.5. The molecule has 1 amide bonds. The van der Waals surface area contributed by atoms with E-state index in [9.17, 15) is 4.79 Å². The molecule has 0 unspecified atom stereocenters. The van der Waals surface area contributed by atoms with Gasteiger partial charge >= 0.3 is 0 Å². The van der Waals surface area contributed by atoms with Gasteiger partial charge in [0.2, 0.25) is 0 Å². The largest absolute Gasteiger partial charge is 0.496 e. The average Bonchev–Trinajstić information content (AvgIpc) is 3.13. The normalized spacial score (nSPS) is 10.4. The molecule has 0 atom stereocenters. The molecule has 0 radical (unpaired) electrons. The number of benzene rings is 2. The molecule has 2 aromatic carbocycles. The summed E-state index contributed by atoms with van der Waals surface area (Å²) in [4.78, 5) is 17.0. The predicted octanol–water partition coefficient (Wildman–Crippen LogP) is 3.06. The lowest BCUT2D eigenvalue weighted by Crippen LogP contribution is -2.13. The van der Waals surface area contributed by atoms with Gasteiger partial charge in [-0.3, -0.25) is 9.89 Å². The van der Waals surface area contributed by atoms with E-state index in [1.165, 1.54) is 21.3 Å². The predicted molar refractivity (Wildman–Crippen MR) is 101 cm³/mol. The number of carbonyl (C=O) groups is 1. The van der Waals surface area contributed by atoms with E-state index in [2.05, 4.69) is 20.5 Å². The number of ether oxygens (including phenoxy) is 3. The van der Waals surface area contributed by atoms with Gasteiger partial charge in [0.05, 0.1) is 26.9 Å². The fourth-order valence-corrected chi connectivity index (χ4v) is 2.58. The molecule has 0 aliphatic carbocycles. The van der Waals surface area contributed by atoms with E-state index in [1.54, 1.807) is 24.3 Å². The number of hydrogen-bond acceptors (Lipinski definition) is 6. The molecule has 8 heteroatoms. The van der Waals surface area contributed by atoms with Crippen molar-refractivity contribution in [1.29, 1.82) is 0 Å². The van der Waals surface area contributed by atoms with Gasteiger partial charge in [0.15, 0.2) is 17.3 Å². The number of methoxy groups -OCH3 is 3. The van der Waals surface area contributed by atoms with Crippen molar-refractivity contribution in [2.24, 2.45) is 0 Å². The summed E-state index contributed by atoms with van der Waals surface area (Å²) in [5.74, 6) is 2.33. The summed E-state index contributed by atoms with van der Waals surface area (Å²) in [7, 11) is 4.52. The molecule has 0 saturated carbocycles. The Bertz CT molecular complexity index is 951. The highest BCUT2D eigenvalue weighted by Crippen LogP contribution is 2.35. The lowest BCUT2D eigenvalue weighted by molar-refractivity contribution is 0.102. The molecule has 1 aromatic heterocycles. The van der Waals surface area contributed by atoms with Crippen molar-refractivity contribution in [3.8, 4) is 28.6 Å². The average molecular weight is 368 g/mol. The Morgan fingerprint density at radius 3 is 2.15 bits per heavy atom. The minimum absolute atomic E-state index is 0.325. The number of aromatic nitrogens is 3. The smallest absolute Gasteiger partial charge is 0.259 e. The topological polar surface area (TPSA) is 98.4 Å². The second-order valence-electron chi connectivity index (χ2n) is 5.68. The quantitative estimate of drug-likeness (QED) is 0.694. The van der Waals surface area contributed by atoms with Crippen LogP contribution in [0.15, 0.2) is 36.4 Å². The molecule has 0 fully saturated rings. The van der Waals surface area contributed by atoms with Crippen LogP contribution in [-0.4, -0.2) is 42.4 Å². The summed E-state index contributed by atoms with van der Waals surface area (Å²) in [5.41, 5.74) is 1.82. The van der Waals surface area contributed by atoms with Gasteiger partial charge in [-0.05, 0) is 31.2 Å². The standard InChI is InChI=1S/C19H20N4O4/c1-11-20-18(23-22-11)12-5-7-13(8-6-12)21-19(24)14-9-16(26-3)17(27-4)10-15(14)25-2/h5-10H,1-4H3,(H,21,24)(H,20,22,23). The van der Waals surface area contributed by atoms with Crippen molar-refractivity contribution in [3.63, 3.8) is 0 Å². The van der Waals surface area contributed by atoms with E-state index >= 15 is 0 Å². The SMILES string of the molecule is COc1cc(OC)c(C(=O)Nc2ccc(-c3n[nH]c(C)n3)cc2)cc1OC. The molecule has 2 N–H and O–H groups in total. The van der Waals surface area contributed by atoms with Crippen LogP contribution in [0.4, 0.5) is 5.69 Å². The number of amides is 1. The van der Waals surface area contributed by atoms with Crippen LogP contribution in [0, 0.1) is 6.92 Å². The number of nitrogens with zero attached hydrogens (tertiary/aromatic N) is 2. The minimum atomic E-state index is -0.325. The zero-order chi connectivity index (χ0) is 19.4. The lowest BCUT2D eigenvalue weighted by atomic mass is 10.1. The fourth-order valence-electron chi connectivity index (χ4n) is 2.58. The Kier molecular flexibility index (Phi) is 5.25. The van der Waals surface area contributed by atoms with Gasteiger partial charge in [-0.1, -0.05) is 0 Å². The molecule has 27 heavy (non-hydrogen) atoms. The molecule has 0 aliphatic rings. The molecule has 1 heterocycles. The fraction of sp³-hybridized carbons (Fsp3) is 0.211. The summed E-state index contributed by atoms with van der Waals surface area (Å²) in [6.45, 7) is 1.83. The number of nitrogens with one attached hydrogen (secondary N) is 2. The first kappa shape index (κ1) is 18.2. The summed E-state index contributed by atoms with van der Waals surface area (Å²) in [6.07, 6.45) is 0. The molecule has 140 valence electrons. The Morgan fingerprint density at radius 1 is 0.963 bits per heavy atom. The van der Waals surface area contributed by atoms with Crippen molar-refractivity contribution in [2.45, 2.75) is 6.92 Å². The Balaban J connectivity index is 1.82. The third kappa shape index (κ3) is 3.84. The first-order valence-corrected chi connectivity index (χ1v) is 8.16. The molecule has 3 aromatic rings. The van der Waals surface area contributed by atoms with Crippen LogP contribution in [-0.2, 0) is 0 Å². The second kappa shape index (κ2) is 7.77. The summed E-state index contributed by atoms with van der Waals surface area (Å²) in [6, 6.07) is 10.4. The van der Waals surface area contributed by atoms with Crippen LogP contribution in [0.1, 0.15) is 16.2 Å². The van der Waals surface area contributed by atoms with E-state index in [-0.39, 0.29) is 5.91 Å². The van der Waals surface area contributed by atoms with Crippen molar-refractivity contribution in [3.05, 3.63) is 47.8 Å². The van der Waals surface area contributed by atoms with Crippen LogP contribution in [0.2, 0.25) is 0 Å². The number of anilines is 1. The number of hydrogen-bond donors (Lipinski definition) is 2. The minimum Gasteiger partial charge on any atom is -0.496 e. The summed E-state index contributed by atoms with van der Waals surface area (Å²) >= 11 is 0. The molecule has 8 nitrogen and oxygen atoms in total. The zero-order valence-electron chi connectivity index (χ0n) is 15.5. The monoisotopic (exact) mass is 368 g/mol. The van der Waals surface area contributed by atoms with Crippen LogP contribution in [0.3, 0.4) is 0 Å². The van der Waals surface area contributed by atoms with Gasteiger partial charge in [-0.25, -0.2) is 4.98 Å². The molecule has 0 aliphatic heterocycles. The van der Waals surface area contributed by atoms with Gasteiger partial charge < -0.3 is 19.5 Å². The molecule has 3 rings (SSSR count). The highest BCUT2D eigenvalue weighted by Gasteiger charge is 2.18. The Labute approximate surface area is 156 Å². The number of aromatic amines is 1. The third-order valence-electron chi connectivity index (χ3n) is 3.95. The number of H-pyrrole nitrogens is 1. The molecular weight excluding hydrogens is 348 g/mol. The maximum absolute atomic E-state index is 12.7. The van der Waals surface area contributed by atoms with Gasteiger partial charge in [-0.2, -0.15) is 5.10 Å². The van der Waals surface area contributed by atoms with Crippen molar-refractivity contribution in [1.82, 2.24) is 15.2 Å². The van der Waals surface area contributed by atoms with Gasteiger partial charge in [0.25, 0.3) is 5.91 Å². The Hall–Kier alpha value is -3.55. The Morgan fingerprint density at radius 2 is 1.59 bits per heavy atom. The van der Waals surface area contributed by atoms with Crippen molar-refractivity contribution < 1.29 is 19.0 Å². The van der Waals surface area contributed by atoms with E-state index in [1.807, 2.05) is 19.1 Å². The number of aryl methyl sites for hydroxylation is 1. The van der Waals surface area contributed by atoms with Crippen LogP contribution >= 0.6 is 0 Å². The summed E-state index contributed by atoms with van der Waals surface area (Å²) in [5, 5.41) is 9.76. The molecule has 0 bridgehead atoms. The van der Waals surface area contributed by atoms with Crippen molar-refractivity contribution in [2.75, 3.05) is 26.6 Å². The van der Waals surface area contributed by atoms with Crippen molar-refractivity contribution >= 4 is 11.6 Å². The first-order valence-electron chi connectivity index (χ1n) is 8.16.